The van der Waals surface area contributed by atoms with Crippen LogP contribution in [-0.2, 0) is 10.0 Å². The highest BCUT2D eigenvalue weighted by atomic mass is 32.2. The van der Waals surface area contributed by atoms with Crippen LogP contribution in [0.1, 0.15) is 0 Å². The van der Waals surface area contributed by atoms with Crippen LogP contribution in [0.4, 0.5) is 4.79 Å². The van der Waals surface area contributed by atoms with Gasteiger partial charge in [-0.1, -0.05) is 0 Å². The number of hydrogen-bond acceptors (Lipinski definition) is 5. The van der Waals surface area contributed by atoms with E-state index in [1.807, 2.05) is 0 Å². The second-order valence-electron chi connectivity index (χ2n) is 3.42. The van der Waals surface area contributed by atoms with Crippen molar-refractivity contribution in [3.63, 3.8) is 0 Å². The summed E-state index contributed by atoms with van der Waals surface area (Å²) in [5, 5.41) is 0.418. The zero-order chi connectivity index (χ0) is 13.3. The Morgan fingerprint density at radius 1 is 1.22 bits per heavy atom. The fourth-order valence-corrected chi connectivity index (χ4v) is 2.32. The van der Waals surface area contributed by atoms with Gasteiger partial charge in [-0.3, -0.25) is 0 Å². The molecule has 0 fully saturated rings. The lowest BCUT2D eigenvalue weighted by molar-refractivity contribution is 0.253. The van der Waals surface area contributed by atoms with E-state index in [1.165, 1.54) is 30.3 Å². The molecule has 0 aliphatic carbocycles. The number of hydrogen-bond donors (Lipinski definition) is 2. The third kappa shape index (κ3) is 2.33. The van der Waals surface area contributed by atoms with Crippen LogP contribution in [0.5, 0.6) is 0 Å². The number of nitrogens with one attached hydrogen (secondary N) is 1. The average molecular weight is 268 g/mol. The molecular weight excluding hydrogens is 260 g/mol. The number of carbonyl (C=O) groups is 1. The maximum Gasteiger partial charge on any atom is 0.336 e. The monoisotopic (exact) mass is 268 g/mol. The van der Waals surface area contributed by atoms with Crippen LogP contribution in [0.2, 0.25) is 0 Å². The largest absolute Gasteiger partial charge is 0.423 e. The molecular formula is C10H8N2O5S. The standard InChI is InChI=1S/C10H8N2O5S/c11-10(14)12-18(15,16)7-2-3-8-6(5-7)1-4-9(13)17-8/h1-5H,(H3,11,12,14). The van der Waals surface area contributed by atoms with Gasteiger partial charge >= 0.3 is 11.7 Å². The molecule has 7 nitrogen and oxygen atoms in total. The maximum absolute atomic E-state index is 11.6. The number of rotatable bonds is 2. The van der Waals surface area contributed by atoms with Crippen LogP contribution in [0, 0.1) is 0 Å². The lowest BCUT2D eigenvalue weighted by atomic mass is 10.2. The molecule has 2 amide bonds. The second kappa shape index (κ2) is 4.15. The molecule has 94 valence electrons. The number of benzene rings is 1. The summed E-state index contributed by atoms with van der Waals surface area (Å²) in [6.07, 6.45) is 0. The van der Waals surface area contributed by atoms with E-state index in [0.29, 0.717) is 5.39 Å². The van der Waals surface area contributed by atoms with Crippen molar-refractivity contribution < 1.29 is 17.6 Å². The number of amides is 2. The first-order chi connectivity index (χ1) is 8.38. The predicted octanol–water partition coefficient (Wildman–Crippen LogP) is 0.150. The Bertz CT molecular complexity index is 778. The Morgan fingerprint density at radius 2 is 1.94 bits per heavy atom. The van der Waals surface area contributed by atoms with Gasteiger partial charge in [-0.25, -0.2) is 22.7 Å². The van der Waals surface area contributed by atoms with Gasteiger partial charge in [0, 0.05) is 11.5 Å². The van der Waals surface area contributed by atoms with Crippen molar-refractivity contribution in [2.45, 2.75) is 4.90 Å². The van der Waals surface area contributed by atoms with Crippen molar-refractivity contribution in [3.05, 3.63) is 40.8 Å². The molecule has 18 heavy (non-hydrogen) atoms. The molecule has 1 aromatic carbocycles. The van der Waals surface area contributed by atoms with Crippen LogP contribution < -0.4 is 16.1 Å². The summed E-state index contributed by atoms with van der Waals surface area (Å²) in [7, 11) is -4.01. The highest BCUT2D eigenvalue weighted by molar-refractivity contribution is 7.90. The summed E-state index contributed by atoms with van der Waals surface area (Å²) >= 11 is 0. The van der Waals surface area contributed by atoms with E-state index in [4.69, 9.17) is 10.2 Å². The molecule has 0 saturated carbocycles. The fraction of sp³-hybridized carbons (Fsp3) is 0. The summed E-state index contributed by atoms with van der Waals surface area (Å²) in [5.41, 5.74) is 4.48. The minimum Gasteiger partial charge on any atom is -0.423 e. The Hall–Kier alpha value is -2.35. The number of nitrogens with two attached hydrogens (primary N) is 1. The number of sulfonamides is 1. The molecule has 2 rings (SSSR count). The summed E-state index contributed by atoms with van der Waals surface area (Å²) in [4.78, 5) is 21.4. The highest BCUT2D eigenvalue weighted by Gasteiger charge is 2.16. The van der Waals surface area contributed by atoms with Gasteiger partial charge in [0.1, 0.15) is 5.58 Å². The topological polar surface area (TPSA) is 119 Å². The number of primary amides is 1. The van der Waals surface area contributed by atoms with Gasteiger partial charge in [0.15, 0.2) is 0 Å². The molecule has 0 radical (unpaired) electrons. The van der Waals surface area contributed by atoms with Crippen LogP contribution in [0.3, 0.4) is 0 Å². The zero-order valence-electron chi connectivity index (χ0n) is 8.91. The van der Waals surface area contributed by atoms with Crippen LogP contribution in [0.25, 0.3) is 11.0 Å². The molecule has 0 saturated heterocycles. The molecule has 0 aliphatic rings. The van der Waals surface area contributed by atoms with Crippen molar-refractivity contribution in [3.8, 4) is 0 Å². The summed E-state index contributed by atoms with van der Waals surface area (Å²) in [6, 6.07) is 5.21. The molecule has 0 atom stereocenters. The lowest BCUT2D eigenvalue weighted by Gasteiger charge is -2.04. The first kappa shape index (κ1) is 12.1. The van der Waals surface area contributed by atoms with Crippen LogP contribution in [-0.4, -0.2) is 14.4 Å². The first-order valence-electron chi connectivity index (χ1n) is 4.75. The molecule has 0 spiro atoms. The third-order valence-corrected chi connectivity index (χ3v) is 3.48. The SMILES string of the molecule is NC(=O)NS(=O)(=O)c1ccc2oc(=O)ccc2c1. The maximum atomic E-state index is 11.6. The number of urea groups is 1. The minimum atomic E-state index is -4.01. The Kier molecular flexibility index (Phi) is 2.79. The third-order valence-electron chi connectivity index (χ3n) is 2.14. The molecule has 0 unspecified atom stereocenters. The van der Waals surface area contributed by atoms with E-state index in [1.54, 1.807) is 4.72 Å². The van der Waals surface area contributed by atoms with Gasteiger partial charge in [-0.15, -0.1) is 0 Å². The molecule has 8 heteroatoms. The summed E-state index contributed by atoms with van der Waals surface area (Å²) in [6.45, 7) is 0. The highest BCUT2D eigenvalue weighted by Crippen LogP contribution is 2.17. The fourth-order valence-electron chi connectivity index (χ4n) is 1.41. The van der Waals surface area contributed by atoms with Gasteiger partial charge in [-0.2, -0.15) is 0 Å². The van der Waals surface area contributed by atoms with Crippen molar-refractivity contribution in [1.82, 2.24) is 4.72 Å². The minimum absolute atomic E-state index is 0.150. The molecule has 2 aromatic rings. The Morgan fingerprint density at radius 3 is 2.61 bits per heavy atom. The van der Waals surface area contributed by atoms with E-state index in [0.717, 1.165) is 0 Å². The molecule has 0 aliphatic heterocycles. The number of carbonyl (C=O) groups excluding carboxylic acids is 1. The van der Waals surface area contributed by atoms with Crippen molar-refractivity contribution in [2.75, 3.05) is 0 Å². The van der Waals surface area contributed by atoms with Crippen molar-refractivity contribution in [1.29, 1.82) is 0 Å². The summed E-state index contributed by atoms with van der Waals surface area (Å²) < 4.78 is 29.8. The Labute approximate surface area is 101 Å². The summed E-state index contributed by atoms with van der Waals surface area (Å²) in [5.74, 6) is 0. The van der Waals surface area contributed by atoms with Gasteiger partial charge in [0.05, 0.1) is 4.90 Å². The van der Waals surface area contributed by atoms with Gasteiger partial charge < -0.3 is 10.2 Å². The first-order valence-corrected chi connectivity index (χ1v) is 6.23. The molecule has 3 N–H and O–H groups in total. The quantitative estimate of drug-likeness (QED) is 0.751. The second-order valence-corrected chi connectivity index (χ2v) is 5.11. The van der Waals surface area contributed by atoms with Gasteiger partial charge in [0.25, 0.3) is 10.0 Å². The van der Waals surface area contributed by atoms with Crippen molar-refractivity contribution >= 4 is 27.0 Å². The average Bonchev–Trinajstić information content (AvgIpc) is 2.26. The smallest absolute Gasteiger partial charge is 0.336 e. The van der Waals surface area contributed by atoms with E-state index >= 15 is 0 Å². The van der Waals surface area contributed by atoms with E-state index in [-0.39, 0.29) is 10.5 Å². The van der Waals surface area contributed by atoms with E-state index < -0.39 is 21.7 Å². The van der Waals surface area contributed by atoms with Gasteiger partial charge in [-0.05, 0) is 24.3 Å². The van der Waals surface area contributed by atoms with Crippen LogP contribution >= 0.6 is 0 Å². The molecule has 1 heterocycles. The number of fused-ring (bicyclic) bond motifs is 1. The normalized spacial score (nSPS) is 11.3. The zero-order valence-corrected chi connectivity index (χ0v) is 9.73. The van der Waals surface area contributed by atoms with Crippen LogP contribution in [0.15, 0.2) is 44.4 Å². The van der Waals surface area contributed by atoms with Crippen molar-refractivity contribution in [2.24, 2.45) is 5.73 Å². The molecule has 1 aromatic heterocycles. The van der Waals surface area contributed by atoms with Gasteiger partial charge in [0.2, 0.25) is 0 Å². The lowest BCUT2D eigenvalue weighted by Crippen LogP contribution is -2.34. The predicted molar refractivity (Wildman–Crippen MR) is 62.4 cm³/mol. The van der Waals surface area contributed by atoms with E-state index in [2.05, 4.69) is 0 Å². The Balaban J connectivity index is 2.57. The molecule has 0 bridgehead atoms. The van der Waals surface area contributed by atoms with E-state index in [9.17, 15) is 18.0 Å².